The van der Waals surface area contributed by atoms with Crippen molar-refractivity contribution in [3.63, 3.8) is 0 Å². The molecule has 0 nitrogen and oxygen atoms in total. The van der Waals surface area contributed by atoms with Gasteiger partial charge in [-0.1, -0.05) is 53.4 Å². The van der Waals surface area contributed by atoms with Gasteiger partial charge in [-0.05, 0) is 42.9 Å². The first kappa shape index (κ1) is 13.1. The zero-order valence-corrected chi connectivity index (χ0v) is 11.3. The molecule has 1 rings (SSSR count). The Morgan fingerprint density at radius 2 is 1.73 bits per heavy atom. The lowest BCUT2D eigenvalue weighted by atomic mass is 9.85. The molecule has 0 aromatic rings. The highest BCUT2D eigenvalue weighted by atomic mass is 14.3. The zero-order valence-electron chi connectivity index (χ0n) is 11.3. The van der Waals surface area contributed by atoms with Crippen molar-refractivity contribution in [1.82, 2.24) is 0 Å². The third kappa shape index (κ3) is 4.17. The molecule has 0 heteroatoms. The molecule has 1 aliphatic carbocycles. The SMILES string of the molecule is CCCCC1CCC(C(C)C)CCC1C. The first-order chi connectivity index (χ1) is 7.15. The average Bonchev–Trinajstić information content (AvgIpc) is 2.38. The highest BCUT2D eigenvalue weighted by molar-refractivity contribution is 4.76. The van der Waals surface area contributed by atoms with Gasteiger partial charge in [0.1, 0.15) is 0 Å². The van der Waals surface area contributed by atoms with Gasteiger partial charge in [0, 0.05) is 0 Å². The standard InChI is InChI=1S/C15H30/c1-5-6-7-15-11-10-14(12(2)3)9-8-13(15)4/h12-15H,5-11H2,1-4H3. The Hall–Kier alpha value is 0. The van der Waals surface area contributed by atoms with Crippen LogP contribution in [0.1, 0.15) is 72.6 Å². The Bertz CT molecular complexity index is 159. The predicted octanol–water partition coefficient (Wildman–Crippen LogP) is 5.28. The van der Waals surface area contributed by atoms with Gasteiger partial charge in [-0.2, -0.15) is 0 Å². The number of hydrogen-bond donors (Lipinski definition) is 0. The van der Waals surface area contributed by atoms with Gasteiger partial charge >= 0.3 is 0 Å². The van der Waals surface area contributed by atoms with Crippen LogP contribution in [0.25, 0.3) is 0 Å². The van der Waals surface area contributed by atoms with Gasteiger partial charge < -0.3 is 0 Å². The van der Waals surface area contributed by atoms with Crippen LogP contribution < -0.4 is 0 Å². The molecule has 3 unspecified atom stereocenters. The lowest BCUT2D eigenvalue weighted by Gasteiger charge is -2.20. The molecule has 0 heterocycles. The Labute approximate surface area is 96.8 Å². The summed E-state index contributed by atoms with van der Waals surface area (Å²) in [7, 11) is 0. The minimum absolute atomic E-state index is 0.905. The van der Waals surface area contributed by atoms with Crippen LogP contribution in [-0.4, -0.2) is 0 Å². The van der Waals surface area contributed by atoms with E-state index in [4.69, 9.17) is 0 Å². The molecular formula is C15H30. The largest absolute Gasteiger partial charge is 0.0654 e. The van der Waals surface area contributed by atoms with Gasteiger partial charge in [0.05, 0.1) is 0 Å². The van der Waals surface area contributed by atoms with Gasteiger partial charge in [-0.3, -0.25) is 0 Å². The predicted molar refractivity (Wildman–Crippen MR) is 69.0 cm³/mol. The van der Waals surface area contributed by atoms with E-state index in [9.17, 15) is 0 Å². The van der Waals surface area contributed by atoms with Crippen LogP contribution in [0.2, 0.25) is 0 Å². The van der Waals surface area contributed by atoms with Crippen molar-refractivity contribution in [2.75, 3.05) is 0 Å². The van der Waals surface area contributed by atoms with Gasteiger partial charge in [-0.15, -0.1) is 0 Å². The quantitative estimate of drug-likeness (QED) is 0.554. The zero-order chi connectivity index (χ0) is 11.3. The molecule has 0 bridgehead atoms. The summed E-state index contributed by atoms with van der Waals surface area (Å²) >= 11 is 0. The fraction of sp³-hybridized carbons (Fsp3) is 1.00. The summed E-state index contributed by atoms with van der Waals surface area (Å²) in [6.45, 7) is 9.62. The number of unbranched alkanes of at least 4 members (excludes halogenated alkanes) is 1. The van der Waals surface area contributed by atoms with Crippen molar-refractivity contribution in [2.45, 2.75) is 72.6 Å². The molecule has 0 amide bonds. The molecule has 0 radical (unpaired) electrons. The van der Waals surface area contributed by atoms with Gasteiger partial charge in [0.15, 0.2) is 0 Å². The molecule has 1 fully saturated rings. The van der Waals surface area contributed by atoms with E-state index in [-0.39, 0.29) is 0 Å². The van der Waals surface area contributed by atoms with E-state index in [0.717, 1.165) is 23.7 Å². The third-order valence-electron chi connectivity index (χ3n) is 4.58. The monoisotopic (exact) mass is 210 g/mol. The first-order valence-electron chi connectivity index (χ1n) is 7.15. The molecule has 1 saturated carbocycles. The van der Waals surface area contributed by atoms with Crippen LogP contribution in [0.15, 0.2) is 0 Å². The van der Waals surface area contributed by atoms with Crippen molar-refractivity contribution in [3.05, 3.63) is 0 Å². The molecule has 3 atom stereocenters. The van der Waals surface area contributed by atoms with E-state index in [1.165, 1.54) is 44.9 Å². The first-order valence-corrected chi connectivity index (χ1v) is 7.15. The van der Waals surface area contributed by atoms with Gasteiger partial charge in [0.2, 0.25) is 0 Å². The van der Waals surface area contributed by atoms with E-state index in [2.05, 4.69) is 27.7 Å². The van der Waals surface area contributed by atoms with E-state index >= 15 is 0 Å². The van der Waals surface area contributed by atoms with Gasteiger partial charge in [0.25, 0.3) is 0 Å². The summed E-state index contributed by atoms with van der Waals surface area (Å²) in [5.41, 5.74) is 0. The summed E-state index contributed by atoms with van der Waals surface area (Å²) in [5.74, 6) is 3.94. The normalized spacial score (nSPS) is 33.0. The smallest absolute Gasteiger partial charge is 0.0388 e. The molecule has 0 aliphatic heterocycles. The fourth-order valence-corrected chi connectivity index (χ4v) is 3.13. The minimum atomic E-state index is 0.905. The fourth-order valence-electron chi connectivity index (χ4n) is 3.13. The number of hydrogen-bond acceptors (Lipinski definition) is 0. The van der Waals surface area contributed by atoms with Crippen LogP contribution in [0, 0.1) is 23.7 Å². The maximum absolute atomic E-state index is 2.49. The molecule has 0 N–H and O–H groups in total. The lowest BCUT2D eigenvalue weighted by Crippen LogP contribution is -2.09. The second kappa shape index (κ2) is 6.55. The topological polar surface area (TPSA) is 0 Å². The van der Waals surface area contributed by atoms with Crippen molar-refractivity contribution < 1.29 is 0 Å². The highest BCUT2D eigenvalue weighted by Gasteiger charge is 2.25. The van der Waals surface area contributed by atoms with Gasteiger partial charge in [-0.25, -0.2) is 0 Å². The number of rotatable bonds is 4. The second-order valence-electron chi connectivity index (χ2n) is 6.04. The Morgan fingerprint density at radius 3 is 2.33 bits per heavy atom. The Balaban J connectivity index is 2.40. The molecule has 0 aromatic heterocycles. The molecule has 0 saturated heterocycles. The maximum atomic E-state index is 2.49. The van der Waals surface area contributed by atoms with E-state index in [0.29, 0.717) is 0 Å². The molecule has 90 valence electrons. The van der Waals surface area contributed by atoms with Crippen molar-refractivity contribution in [1.29, 1.82) is 0 Å². The minimum Gasteiger partial charge on any atom is -0.0654 e. The van der Waals surface area contributed by atoms with E-state index in [1.807, 2.05) is 0 Å². The average molecular weight is 210 g/mol. The molecule has 15 heavy (non-hydrogen) atoms. The summed E-state index contributed by atoms with van der Waals surface area (Å²) in [6, 6.07) is 0. The third-order valence-corrected chi connectivity index (χ3v) is 4.58. The maximum Gasteiger partial charge on any atom is -0.0388 e. The second-order valence-corrected chi connectivity index (χ2v) is 6.04. The van der Waals surface area contributed by atoms with Crippen LogP contribution in [0.4, 0.5) is 0 Å². The van der Waals surface area contributed by atoms with Crippen LogP contribution in [0.3, 0.4) is 0 Å². The molecule has 0 spiro atoms. The molecule has 0 aromatic carbocycles. The Morgan fingerprint density at radius 1 is 1.07 bits per heavy atom. The van der Waals surface area contributed by atoms with Crippen LogP contribution in [0.5, 0.6) is 0 Å². The highest BCUT2D eigenvalue weighted by Crippen LogP contribution is 2.37. The summed E-state index contributed by atoms with van der Waals surface area (Å²) in [6.07, 6.45) is 10.3. The molecule has 1 aliphatic rings. The molecular weight excluding hydrogens is 180 g/mol. The van der Waals surface area contributed by atoms with Crippen molar-refractivity contribution in [2.24, 2.45) is 23.7 Å². The van der Waals surface area contributed by atoms with Crippen molar-refractivity contribution in [3.8, 4) is 0 Å². The van der Waals surface area contributed by atoms with Crippen LogP contribution >= 0.6 is 0 Å². The Kier molecular flexibility index (Phi) is 5.71. The van der Waals surface area contributed by atoms with E-state index < -0.39 is 0 Å². The summed E-state index contributed by atoms with van der Waals surface area (Å²) in [5, 5.41) is 0. The van der Waals surface area contributed by atoms with Crippen molar-refractivity contribution >= 4 is 0 Å². The summed E-state index contributed by atoms with van der Waals surface area (Å²) < 4.78 is 0. The lowest BCUT2D eigenvalue weighted by molar-refractivity contribution is 0.308. The van der Waals surface area contributed by atoms with Crippen LogP contribution in [-0.2, 0) is 0 Å². The summed E-state index contributed by atoms with van der Waals surface area (Å²) in [4.78, 5) is 0. The van der Waals surface area contributed by atoms with E-state index in [1.54, 1.807) is 0 Å².